The summed E-state index contributed by atoms with van der Waals surface area (Å²) in [5, 5.41) is 3.38. The average molecular weight is 196 g/mol. The predicted molar refractivity (Wildman–Crippen MR) is 46.3 cm³/mol. The number of nitrogen functional groups attached to an aromatic ring is 1. The Morgan fingerprint density at radius 2 is 2.07 bits per heavy atom. The van der Waals surface area contributed by atoms with E-state index in [1.165, 1.54) is 18.2 Å². The second-order valence-corrected chi connectivity index (χ2v) is 2.72. The smallest absolute Gasteiger partial charge is 0.172 e. The number of aromatic nitrogens is 1. The number of halogens is 2. The van der Waals surface area contributed by atoms with Gasteiger partial charge < -0.3 is 10.3 Å². The van der Waals surface area contributed by atoms with Crippen LogP contribution in [-0.4, -0.2) is 5.16 Å². The quantitative estimate of drug-likeness (QED) is 0.760. The van der Waals surface area contributed by atoms with Crippen LogP contribution in [0.3, 0.4) is 0 Å². The van der Waals surface area contributed by atoms with Crippen molar-refractivity contribution in [3.8, 4) is 11.3 Å². The van der Waals surface area contributed by atoms with Crippen molar-refractivity contribution in [2.24, 2.45) is 0 Å². The van der Waals surface area contributed by atoms with E-state index < -0.39 is 11.6 Å². The van der Waals surface area contributed by atoms with Crippen LogP contribution >= 0.6 is 0 Å². The lowest BCUT2D eigenvalue weighted by Gasteiger charge is -1.97. The fraction of sp³-hybridized carbons (Fsp3) is 0. The van der Waals surface area contributed by atoms with Gasteiger partial charge in [0, 0.05) is 6.07 Å². The lowest BCUT2D eigenvalue weighted by molar-refractivity contribution is 0.430. The topological polar surface area (TPSA) is 52.0 Å². The molecule has 14 heavy (non-hydrogen) atoms. The lowest BCUT2D eigenvalue weighted by atomic mass is 10.1. The van der Waals surface area contributed by atoms with E-state index >= 15 is 0 Å². The monoisotopic (exact) mass is 196 g/mol. The summed E-state index contributed by atoms with van der Waals surface area (Å²) in [5.74, 6) is -1.66. The summed E-state index contributed by atoms with van der Waals surface area (Å²) in [5.41, 5.74) is 5.29. The van der Waals surface area contributed by atoms with Gasteiger partial charge in [-0.1, -0.05) is 11.2 Å². The molecule has 72 valence electrons. The first-order chi connectivity index (χ1) is 6.68. The van der Waals surface area contributed by atoms with Crippen LogP contribution in [0.5, 0.6) is 0 Å². The molecule has 2 N–H and O–H groups in total. The van der Waals surface area contributed by atoms with Gasteiger partial charge in [-0.3, -0.25) is 0 Å². The van der Waals surface area contributed by atoms with Crippen molar-refractivity contribution in [1.82, 2.24) is 5.16 Å². The Kier molecular flexibility index (Phi) is 1.92. The number of hydrogen-bond acceptors (Lipinski definition) is 3. The van der Waals surface area contributed by atoms with E-state index in [9.17, 15) is 8.78 Å². The van der Waals surface area contributed by atoms with Gasteiger partial charge in [-0.15, -0.1) is 0 Å². The van der Waals surface area contributed by atoms with E-state index in [4.69, 9.17) is 10.3 Å². The zero-order chi connectivity index (χ0) is 10.1. The minimum atomic E-state index is -0.969. The van der Waals surface area contributed by atoms with Crippen molar-refractivity contribution in [3.05, 3.63) is 35.9 Å². The maximum atomic E-state index is 13.2. The summed E-state index contributed by atoms with van der Waals surface area (Å²) in [7, 11) is 0. The molecule has 0 unspecified atom stereocenters. The Balaban J connectivity index is 2.57. The van der Waals surface area contributed by atoms with Crippen LogP contribution in [0.25, 0.3) is 11.3 Å². The number of anilines is 1. The molecule has 0 aliphatic rings. The van der Waals surface area contributed by atoms with Crippen molar-refractivity contribution in [1.29, 1.82) is 0 Å². The fourth-order valence-corrected chi connectivity index (χ4v) is 1.11. The first-order valence-corrected chi connectivity index (χ1v) is 3.85. The van der Waals surface area contributed by atoms with Crippen LogP contribution in [0.4, 0.5) is 14.6 Å². The highest BCUT2D eigenvalue weighted by Crippen LogP contribution is 2.25. The van der Waals surface area contributed by atoms with E-state index in [1.807, 2.05) is 0 Å². The Morgan fingerprint density at radius 1 is 1.29 bits per heavy atom. The predicted octanol–water partition coefficient (Wildman–Crippen LogP) is 2.20. The summed E-state index contributed by atoms with van der Waals surface area (Å²) >= 11 is 0. The molecule has 0 aliphatic carbocycles. The molecule has 2 aromatic rings. The molecule has 2 rings (SSSR count). The van der Waals surface area contributed by atoms with Crippen LogP contribution in [0.2, 0.25) is 0 Å². The summed E-state index contributed by atoms with van der Waals surface area (Å²) in [6, 6.07) is 5.13. The first-order valence-electron chi connectivity index (χ1n) is 3.85. The van der Waals surface area contributed by atoms with Crippen molar-refractivity contribution in [2.45, 2.75) is 0 Å². The zero-order valence-electron chi connectivity index (χ0n) is 7.00. The van der Waals surface area contributed by atoms with E-state index in [2.05, 4.69) is 5.16 Å². The van der Waals surface area contributed by atoms with Gasteiger partial charge in [-0.05, 0) is 12.1 Å². The van der Waals surface area contributed by atoms with Crippen LogP contribution < -0.4 is 5.73 Å². The van der Waals surface area contributed by atoms with Gasteiger partial charge in [0.2, 0.25) is 0 Å². The van der Waals surface area contributed by atoms with Gasteiger partial charge in [-0.25, -0.2) is 8.78 Å². The normalized spacial score (nSPS) is 10.4. The molecular formula is C9H6F2N2O. The summed E-state index contributed by atoms with van der Waals surface area (Å²) in [4.78, 5) is 0. The average Bonchev–Trinajstić information content (AvgIpc) is 2.57. The van der Waals surface area contributed by atoms with Gasteiger partial charge in [-0.2, -0.15) is 0 Å². The van der Waals surface area contributed by atoms with Crippen molar-refractivity contribution in [3.63, 3.8) is 0 Å². The molecule has 0 aliphatic heterocycles. The molecule has 0 fully saturated rings. The lowest BCUT2D eigenvalue weighted by Crippen LogP contribution is -1.87. The number of hydrogen-bond donors (Lipinski definition) is 1. The highest BCUT2D eigenvalue weighted by molar-refractivity contribution is 5.60. The molecule has 0 saturated carbocycles. The Bertz CT molecular complexity index is 468. The van der Waals surface area contributed by atoms with Crippen LogP contribution in [0, 0.1) is 11.6 Å². The number of nitrogens with two attached hydrogens (primary N) is 1. The Labute approximate surface area is 78.1 Å². The summed E-state index contributed by atoms with van der Waals surface area (Å²) < 4.78 is 30.7. The van der Waals surface area contributed by atoms with Crippen molar-refractivity contribution < 1.29 is 13.3 Å². The number of nitrogens with zero attached hydrogens (tertiary/aromatic N) is 1. The van der Waals surface area contributed by atoms with Crippen LogP contribution in [0.1, 0.15) is 0 Å². The Hall–Kier alpha value is -1.91. The molecule has 0 amide bonds. The standard InChI is InChI=1S/C9H6F2N2O/c10-6-3-1-2-5(9(6)11)7-4-8(12)13-14-7/h1-4H,(H2,12,13). The van der Waals surface area contributed by atoms with Crippen molar-refractivity contribution >= 4 is 5.82 Å². The van der Waals surface area contributed by atoms with Gasteiger partial charge in [0.25, 0.3) is 0 Å². The molecule has 0 saturated heterocycles. The summed E-state index contributed by atoms with van der Waals surface area (Å²) in [6.07, 6.45) is 0. The van der Waals surface area contributed by atoms with E-state index in [0.717, 1.165) is 6.07 Å². The van der Waals surface area contributed by atoms with Crippen LogP contribution in [0.15, 0.2) is 28.8 Å². The Morgan fingerprint density at radius 3 is 2.71 bits per heavy atom. The first kappa shape index (κ1) is 8.68. The van der Waals surface area contributed by atoms with Crippen LogP contribution in [-0.2, 0) is 0 Å². The van der Waals surface area contributed by atoms with Crippen molar-refractivity contribution in [2.75, 3.05) is 5.73 Å². The molecule has 1 heterocycles. The van der Waals surface area contributed by atoms with Gasteiger partial charge in [0.05, 0.1) is 5.56 Å². The molecule has 0 radical (unpaired) electrons. The third-order valence-corrected chi connectivity index (χ3v) is 1.75. The molecular weight excluding hydrogens is 190 g/mol. The fourth-order valence-electron chi connectivity index (χ4n) is 1.11. The second kappa shape index (κ2) is 3.10. The van der Waals surface area contributed by atoms with Gasteiger partial charge in [0.15, 0.2) is 23.2 Å². The minimum absolute atomic E-state index is 0.00852. The molecule has 1 aromatic carbocycles. The minimum Gasteiger partial charge on any atom is -0.381 e. The van der Waals surface area contributed by atoms with E-state index in [-0.39, 0.29) is 17.1 Å². The summed E-state index contributed by atoms with van der Waals surface area (Å²) in [6.45, 7) is 0. The SMILES string of the molecule is Nc1cc(-c2cccc(F)c2F)on1. The maximum absolute atomic E-state index is 13.2. The molecule has 0 spiro atoms. The second-order valence-electron chi connectivity index (χ2n) is 2.72. The maximum Gasteiger partial charge on any atom is 0.172 e. The number of benzene rings is 1. The highest BCUT2D eigenvalue weighted by Gasteiger charge is 2.13. The molecule has 1 aromatic heterocycles. The largest absolute Gasteiger partial charge is 0.381 e. The van der Waals surface area contributed by atoms with E-state index in [1.54, 1.807) is 0 Å². The van der Waals surface area contributed by atoms with E-state index in [0.29, 0.717) is 0 Å². The zero-order valence-corrected chi connectivity index (χ0v) is 7.00. The third-order valence-electron chi connectivity index (χ3n) is 1.75. The number of rotatable bonds is 1. The molecule has 0 bridgehead atoms. The third kappa shape index (κ3) is 1.32. The van der Waals surface area contributed by atoms with Gasteiger partial charge in [0.1, 0.15) is 0 Å². The molecule has 3 nitrogen and oxygen atoms in total. The molecule has 5 heteroatoms. The molecule has 0 atom stereocenters. The highest BCUT2D eigenvalue weighted by atomic mass is 19.2. The van der Waals surface area contributed by atoms with Gasteiger partial charge >= 0.3 is 0 Å².